The number of aryl methyl sites for hydroxylation is 1. The molecular formula is C25H27ClN2O3. The number of anilines is 1. The number of rotatable bonds is 5. The molecule has 2 aromatic carbocycles. The molecule has 1 aliphatic carbocycles. The van der Waals surface area contributed by atoms with Crippen LogP contribution in [0.5, 0.6) is 11.5 Å². The van der Waals surface area contributed by atoms with Crippen LogP contribution in [-0.2, 0) is 22.2 Å². The van der Waals surface area contributed by atoms with Crippen LogP contribution in [-0.4, -0.2) is 23.1 Å². The Morgan fingerprint density at radius 1 is 1.10 bits per heavy atom. The number of hydrogen-bond donors (Lipinski definition) is 1. The molecule has 0 saturated heterocycles. The molecule has 0 atom stereocenters. The Kier molecular flexibility index (Phi) is 4.70. The van der Waals surface area contributed by atoms with Gasteiger partial charge < -0.3 is 19.4 Å². The van der Waals surface area contributed by atoms with Crippen molar-refractivity contribution in [1.82, 2.24) is 4.57 Å². The molecule has 6 heteroatoms. The average Bonchev–Trinajstić information content (AvgIpc) is 3.27. The summed E-state index contributed by atoms with van der Waals surface area (Å²) in [5, 5.41) is 4.27. The molecule has 5 nitrogen and oxygen atoms in total. The van der Waals surface area contributed by atoms with Crippen molar-refractivity contribution in [3.63, 3.8) is 0 Å². The number of alkyl halides is 1. The van der Waals surface area contributed by atoms with Gasteiger partial charge in [0, 0.05) is 40.1 Å². The minimum absolute atomic E-state index is 0.00587. The number of nitrogens with zero attached hydrogens (tertiary/aromatic N) is 1. The third-order valence-corrected chi connectivity index (χ3v) is 6.51. The van der Waals surface area contributed by atoms with E-state index in [0.29, 0.717) is 11.6 Å². The number of benzene rings is 2. The maximum Gasteiger partial charge on any atom is 0.235 e. The van der Waals surface area contributed by atoms with Crippen LogP contribution in [0.25, 0.3) is 10.9 Å². The molecule has 5 rings (SSSR count). The molecule has 0 spiro atoms. The molecule has 1 N–H and O–H groups in total. The molecule has 1 saturated carbocycles. The highest BCUT2D eigenvalue weighted by Crippen LogP contribution is 2.51. The first-order valence-electron chi connectivity index (χ1n) is 10.7. The fourth-order valence-corrected chi connectivity index (χ4v) is 4.68. The van der Waals surface area contributed by atoms with E-state index in [-0.39, 0.29) is 18.1 Å². The summed E-state index contributed by atoms with van der Waals surface area (Å²) in [5.41, 5.74) is 3.70. The van der Waals surface area contributed by atoms with Crippen molar-refractivity contribution in [1.29, 1.82) is 0 Å². The fourth-order valence-electron chi connectivity index (χ4n) is 4.51. The van der Waals surface area contributed by atoms with Crippen molar-refractivity contribution in [2.24, 2.45) is 0 Å². The zero-order valence-electron chi connectivity index (χ0n) is 18.1. The van der Waals surface area contributed by atoms with E-state index in [1.54, 1.807) is 0 Å². The Balaban J connectivity index is 1.43. The van der Waals surface area contributed by atoms with Gasteiger partial charge in [-0.25, -0.2) is 0 Å². The van der Waals surface area contributed by atoms with Crippen LogP contribution in [0.15, 0.2) is 42.5 Å². The number of hydrogen-bond acceptors (Lipinski definition) is 3. The minimum Gasteiger partial charge on any atom is -0.454 e. The lowest BCUT2D eigenvalue weighted by atomic mass is 9.92. The minimum atomic E-state index is -0.489. The molecule has 162 valence electrons. The first-order chi connectivity index (χ1) is 14.8. The molecule has 0 radical (unpaired) electrons. The van der Waals surface area contributed by atoms with Crippen molar-refractivity contribution in [3.8, 4) is 11.5 Å². The Morgan fingerprint density at radius 3 is 2.58 bits per heavy atom. The Labute approximate surface area is 187 Å². The van der Waals surface area contributed by atoms with E-state index < -0.39 is 5.41 Å². The lowest BCUT2D eigenvalue weighted by molar-refractivity contribution is -0.118. The van der Waals surface area contributed by atoms with Gasteiger partial charge in [0.2, 0.25) is 12.7 Å². The summed E-state index contributed by atoms with van der Waals surface area (Å²) < 4.78 is 13.2. The van der Waals surface area contributed by atoms with Gasteiger partial charge in [-0.3, -0.25) is 4.79 Å². The van der Waals surface area contributed by atoms with Gasteiger partial charge in [-0.2, -0.15) is 0 Å². The second-order valence-corrected chi connectivity index (χ2v) is 9.88. The van der Waals surface area contributed by atoms with Crippen LogP contribution in [0.2, 0.25) is 0 Å². The molecule has 1 fully saturated rings. The van der Waals surface area contributed by atoms with Gasteiger partial charge in [0.05, 0.1) is 5.41 Å². The van der Waals surface area contributed by atoms with Gasteiger partial charge in [0.15, 0.2) is 11.5 Å². The van der Waals surface area contributed by atoms with Crippen LogP contribution in [0, 0.1) is 0 Å². The summed E-state index contributed by atoms with van der Waals surface area (Å²) in [6.07, 6.45) is 1.67. The predicted molar refractivity (Wildman–Crippen MR) is 123 cm³/mol. The van der Waals surface area contributed by atoms with Crippen LogP contribution in [0.1, 0.15) is 44.9 Å². The number of amides is 1. The number of aromatic nitrogens is 1. The monoisotopic (exact) mass is 438 g/mol. The van der Waals surface area contributed by atoms with Crippen LogP contribution in [0.4, 0.5) is 5.69 Å². The first-order valence-corrected chi connectivity index (χ1v) is 11.3. The average molecular weight is 439 g/mol. The van der Waals surface area contributed by atoms with Crippen LogP contribution >= 0.6 is 11.6 Å². The molecule has 1 aliphatic heterocycles. The Morgan fingerprint density at radius 2 is 1.87 bits per heavy atom. The van der Waals surface area contributed by atoms with Crippen molar-refractivity contribution >= 4 is 34.1 Å². The molecule has 2 heterocycles. The maximum absolute atomic E-state index is 13.3. The summed E-state index contributed by atoms with van der Waals surface area (Å²) in [5.74, 6) is 2.04. The smallest absolute Gasteiger partial charge is 0.235 e. The maximum atomic E-state index is 13.3. The summed E-state index contributed by atoms with van der Waals surface area (Å²) in [7, 11) is 0. The quantitative estimate of drug-likeness (QED) is 0.529. The van der Waals surface area contributed by atoms with E-state index in [2.05, 4.69) is 48.9 Å². The number of nitrogens with one attached hydrogen (secondary N) is 1. The summed E-state index contributed by atoms with van der Waals surface area (Å²) >= 11 is 6.07. The summed E-state index contributed by atoms with van der Waals surface area (Å²) in [6.45, 7) is 7.61. The number of ether oxygens (including phenoxy) is 2. The summed E-state index contributed by atoms with van der Waals surface area (Å²) in [6, 6.07) is 14.1. The topological polar surface area (TPSA) is 52.5 Å². The lowest BCUT2D eigenvalue weighted by Gasteiger charge is -2.21. The number of halogens is 1. The highest BCUT2D eigenvalue weighted by molar-refractivity contribution is 6.17. The molecule has 0 bridgehead atoms. The molecule has 1 aromatic heterocycles. The molecule has 1 amide bonds. The van der Waals surface area contributed by atoms with Gasteiger partial charge in [-0.1, -0.05) is 26.8 Å². The van der Waals surface area contributed by atoms with E-state index in [1.807, 2.05) is 24.3 Å². The van der Waals surface area contributed by atoms with Crippen molar-refractivity contribution in [2.75, 3.05) is 18.0 Å². The van der Waals surface area contributed by atoms with E-state index in [9.17, 15) is 4.79 Å². The normalized spacial score (nSPS) is 16.5. The van der Waals surface area contributed by atoms with Crippen molar-refractivity contribution in [3.05, 3.63) is 53.7 Å². The molecule has 3 aromatic rings. The van der Waals surface area contributed by atoms with E-state index >= 15 is 0 Å². The number of carbonyl (C=O) groups is 1. The Bertz CT molecular complexity index is 1170. The standard InChI is InChI=1S/C25H27ClN2O3/c1-24(2,3)22-13-16-12-18(5-6-19(16)28(22)11-10-26)27-23(29)25(8-9-25)17-4-7-20-21(14-17)31-15-30-20/h4-7,12-14H,8-11,15H2,1-3H3,(H,27,29). The van der Waals surface area contributed by atoms with Gasteiger partial charge >= 0.3 is 0 Å². The van der Waals surface area contributed by atoms with Gasteiger partial charge in [-0.05, 0) is 54.8 Å². The second-order valence-electron chi connectivity index (χ2n) is 9.50. The molecular weight excluding hydrogens is 412 g/mol. The Hall–Kier alpha value is -2.66. The molecule has 31 heavy (non-hydrogen) atoms. The van der Waals surface area contributed by atoms with Crippen LogP contribution in [0.3, 0.4) is 0 Å². The van der Waals surface area contributed by atoms with Gasteiger partial charge in [0.25, 0.3) is 0 Å². The SMILES string of the molecule is CC(C)(C)c1cc2cc(NC(=O)C3(c4ccc5c(c4)OCO5)CC3)ccc2n1CCCl. The number of carbonyl (C=O) groups excluding carboxylic acids is 1. The molecule has 0 unspecified atom stereocenters. The predicted octanol–water partition coefficient (Wildman–Crippen LogP) is 5.58. The summed E-state index contributed by atoms with van der Waals surface area (Å²) in [4.78, 5) is 13.3. The number of fused-ring (bicyclic) bond motifs is 2. The van der Waals surface area contributed by atoms with Crippen molar-refractivity contribution in [2.45, 2.75) is 51.0 Å². The highest BCUT2D eigenvalue weighted by atomic mass is 35.5. The van der Waals surface area contributed by atoms with Crippen molar-refractivity contribution < 1.29 is 14.3 Å². The third kappa shape index (κ3) is 3.45. The largest absolute Gasteiger partial charge is 0.454 e. The molecule has 2 aliphatic rings. The van der Waals surface area contributed by atoms with Crippen LogP contribution < -0.4 is 14.8 Å². The highest BCUT2D eigenvalue weighted by Gasteiger charge is 2.51. The van der Waals surface area contributed by atoms with E-state index in [4.69, 9.17) is 21.1 Å². The van der Waals surface area contributed by atoms with E-state index in [1.165, 1.54) is 5.69 Å². The second kappa shape index (κ2) is 7.20. The lowest BCUT2D eigenvalue weighted by Crippen LogP contribution is -2.27. The van der Waals surface area contributed by atoms with Gasteiger partial charge in [-0.15, -0.1) is 11.6 Å². The first kappa shape index (κ1) is 20.3. The zero-order chi connectivity index (χ0) is 21.8. The third-order valence-electron chi connectivity index (χ3n) is 6.35. The fraction of sp³-hybridized carbons (Fsp3) is 0.400. The zero-order valence-corrected chi connectivity index (χ0v) is 18.9. The van der Waals surface area contributed by atoms with Gasteiger partial charge in [0.1, 0.15) is 0 Å². The van der Waals surface area contributed by atoms with E-state index in [0.717, 1.165) is 47.3 Å².